The molecule has 5 heteroatoms. The molecule has 1 aliphatic heterocycles. The number of likely N-dealkylation sites (tertiary alicyclic amines) is 1. The van der Waals surface area contributed by atoms with Gasteiger partial charge in [0.05, 0.1) is 5.75 Å². The standard InChI is InChI=1S/C12H22N2O2S/c1-2-9-17-10-11(15)13-6-8-14-7-4-3-5-12(14)16/h2-10H2,1H3,(H,13,15). The summed E-state index contributed by atoms with van der Waals surface area (Å²) < 4.78 is 0. The summed E-state index contributed by atoms with van der Waals surface area (Å²) in [4.78, 5) is 24.7. The quantitative estimate of drug-likeness (QED) is 0.699. The molecule has 1 N–H and O–H groups in total. The minimum Gasteiger partial charge on any atom is -0.354 e. The average Bonchev–Trinajstić information content (AvgIpc) is 2.32. The Bertz CT molecular complexity index is 259. The summed E-state index contributed by atoms with van der Waals surface area (Å²) in [7, 11) is 0. The van der Waals surface area contributed by atoms with Crippen molar-refractivity contribution in [3.63, 3.8) is 0 Å². The fourth-order valence-corrected chi connectivity index (χ4v) is 2.51. The molecule has 0 aromatic carbocycles. The predicted octanol–water partition coefficient (Wildman–Crippen LogP) is 1.26. The van der Waals surface area contributed by atoms with Crippen LogP contribution in [0.2, 0.25) is 0 Å². The van der Waals surface area contributed by atoms with Gasteiger partial charge in [-0.3, -0.25) is 9.59 Å². The number of amides is 2. The van der Waals surface area contributed by atoms with Gasteiger partial charge < -0.3 is 10.2 Å². The van der Waals surface area contributed by atoms with Crippen LogP contribution in [0.5, 0.6) is 0 Å². The van der Waals surface area contributed by atoms with Crippen LogP contribution in [0.4, 0.5) is 0 Å². The number of thioether (sulfide) groups is 1. The monoisotopic (exact) mass is 258 g/mol. The maximum absolute atomic E-state index is 11.5. The molecule has 1 fully saturated rings. The van der Waals surface area contributed by atoms with Crippen molar-refractivity contribution in [2.75, 3.05) is 31.1 Å². The van der Waals surface area contributed by atoms with E-state index in [-0.39, 0.29) is 11.8 Å². The van der Waals surface area contributed by atoms with Crippen molar-refractivity contribution < 1.29 is 9.59 Å². The van der Waals surface area contributed by atoms with Crippen LogP contribution in [-0.2, 0) is 9.59 Å². The smallest absolute Gasteiger partial charge is 0.230 e. The van der Waals surface area contributed by atoms with Gasteiger partial charge in [0.15, 0.2) is 0 Å². The van der Waals surface area contributed by atoms with E-state index in [9.17, 15) is 9.59 Å². The molecular formula is C12H22N2O2S. The predicted molar refractivity (Wildman–Crippen MR) is 71.1 cm³/mol. The summed E-state index contributed by atoms with van der Waals surface area (Å²) in [5.74, 6) is 1.86. The molecule has 0 atom stereocenters. The summed E-state index contributed by atoms with van der Waals surface area (Å²) in [6.45, 7) is 4.19. The Morgan fingerprint density at radius 2 is 2.29 bits per heavy atom. The van der Waals surface area contributed by atoms with Gasteiger partial charge in [-0.1, -0.05) is 6.92 Å². The Balaban J connectivity index is 2.06. The highest BCUT2D eigenvalue weighted by Gasteiger charge is 2.17. The molecule has 4 nitrogen and oxygen atoms in total. The number of rotatable bonds is 7. The number of carbonyl (C=O) groups is 2. The summed E-state index contributed by atoms with van der Waals surface area (Å²) in [6.07, 6.45) is 3.86. The lowest BCUT2D eigenvalue weighted by Gasteiger charge is -2.26. The Morgan fingerprint density at radius 3 is 3.00 bits per heavy atom. The third-order valence-electron chi connectivity index (χ3n) is 2.71. The van der Waals surface area contributed by atoms with Crippen molar-refractivity contribution in [2.45, 2.75) is 32.6 Å². The van der Waals surface area contributed by atoms with E-state index in [4.69, 9.17) is 0 Å². The van der Waals surface area contributed by atoms with Gasteiger partial charge in [-0.25, -0.2) is 0 Å². The van der Waals surface area contributed by atoms with Crippen molar-refractivity contribution in [1.29, 1.82) is 0 Å². The van der Waals surface area contributed by atoms with Gasteiger partial charge in [-0.05, 0) is 25.0 Å². The lowest BCUT2D eigenvalue weighted by atomic mass is 10.1. The second-order valence-electron chi connectivity index (χ2n) is 4.24. The number of hydrogen-bond donors (Lipinski definition) is 1. The van der Waals surface area contributed by atoms with Crippen molar-refractivity contribution >= 4 is 23.6 Å². The molecule has 1 heterocycles. The molecule has 0 saturated carbocycles. The molecule has 0 unspecified atom stereocenters. The zero-order chi connectivity index (χ0) is 12.5. The molecule has 1 saturated heterocycles. The zero-order valence-electron chi connectivity index (χ0n) is 10.5. The number of carbonyl (C=O) groups excluding carboxylic acids is 2. The molecular weight excluding hydrogens is 236 g/mol. The molecule has 0 radical (unpaired) electrons. The molecule has 0 bridgehead atoms. The van der Waals surface area contributed by atoms with Crippen LogP contribution in [0.1, 0.15) is 32.6 Å². The van der Waals surface area contributed by atoms with Crippen LogP contribution in [-0.4, -0.2) is 47.9 Å². The van der Waals surface area contributed by atoms with Crippen LogP contribution in [0.25, 0.3) is 0 Å². The average molecular weight is 258 g/mol. The molecule has 0 aliphatic carbocycles. The maximum Gasteiger partial charge on any atom is 0.230 e. The Labute approximate surface area is 108 Å². The van der Waals surface area contributed by atoms with Crippen LogP contribution in [0.3, 0.4) is 0 Å². The third kappa shape index (κ3) is 5.96. The lowest BCUT2D eigenvalue weighted by molar-refractivity contribution is -0.133. The van der Waals surface area contributed by atoms with E-state index in [0.717, 1.165) is 31.6 Å². The second kappa shape index (κ2) is 8.39. The van der Waals surface area contributed by atoms with Crippen molar-refractivity contribution in [2.24, 2.45) is 0 Å². The highest BCUT2D eigenvalue weighted by molar-refractivity contribution is 7.99. The zero-order valence-corrected chi connectivity index (χ0v) is 11.4. The van der Waals surface area contributed by atoms with Gasteiger partial charge in [0.2, 0.25) is 11.8 Å². The van der Waals surface area contributed by atoms with Gasteiger partial charge in [0, 0.05) is 26.1 Å². The molecule has 0 aromatic rings. The Kier molecular flexibility index (Phi) is 7.08. The van der Waals surface area contributed by atoms with Crippen molar-refractivity contribution in [1.82, 2.24) is 10.2 Å². The summed E-state index contributed by atoms with van der Waals surface area (Å²) in [5, 5.41) is 2.86. The van der Waals surface area contributed by atoms with Crippen LogP contribution in [0.15, 0.2) is 0 Å². The van der Waals surface area contributed by atoms with Gasteiger partial charge in [-0.2, -0.15) is 11.8 Å². The first-order chi connectivity index (χ1) is 8.24. The maximum atomic E-state index is 11.5. The Hall–Kier alpha value is -0.710. The number of nitrogens with zero attached hydrogens (tertiary/aromatic N) is 1. The second-order valence-corrected chi connectivity index (χ2v) is 5.35. The van der Waals surface area contributed by atoms with E-state index in [0.29, 0.717) is 25.3 Å². The van der Waals surface area contributed by atoms with Gasteiger partial charge in [0.1, 0.15) is 0 Å². The fraction of sp³-hybridized carbons (Fsp3) is 0.833. The topological polar surface area (TPSA) is 49.4 Å². The highest BCUT2D eigenvalue weighted by atomic mass is 32.2. The van der Waals surface area contributed by atoms with Crippen molar-refractivity contribution in [3.8, 4) is 0 Å². The van der Waals surface area contributed by atoms with Crippen LogP contribution in [0, 0.1) is 0 Å². The molecule has 0 spiro atoms. The molecule has 2 amide bonds. The van der Waals surface area contributed by atoms with E-state index in [2.05, 4.69) is 12.2 Å². The third-order valence-corrected chi connectivity index (χ3v) is 3.87. The molecule has 17 heavy (non-hydrogen) atoms. The van der Waals surface area contributed by atoms with Crippen LogP contribution >= 0.6 is 11.8 Å². The summed E-state index contributed by atoms with van der Waals surface area (Å²) in [5.41, 5.74) is 0. The summed E-state index contributed by atoms with van der Waals surface area (Å²) in [6, 6.07) is 0. The SMILES string of the molecule is CCCSCC(=O)NCCN1CCCCC1=O. The van der Waals surface area contributed by atoms with E-state index >= 15 is 0 Å². The number of piperidine rings is 1. The highest BCUT2D eigenvalue weighted by Crippen LogP contribution is 2.09. The number of hydrogen-bond acceptors (Lipinski definition) is 3. The van der Waals surface area contributed by atoms with E-state index in [1.165, 1.54) is 0 Å². The lowest BCUT2D eigenvalue weighted by Crippen LogP contribution is -2.41. The van der Waals surface area contributed by atoms with E-state index in [1.54, 1.807) is 11.8 Å². The largest absolute Gasteiger partial charge is 0.354 e. The molecule has 1 rings (SSSR count). The Morgan fingerprint density at radius 1 is 1.47 bits per heavy atom. The normalized spacial score (nSPS) is 16.1. The number of nitrogens with one attached hydrogen (secondary N) is 1. The first-order valence-corrected chi connectivity index (χ1v) is 7.51. The van der Waals surface area contributed by atoms with Crippen LogP contribution < -0.4 is 5.32 Å². The van der Waals surface area contributed by atoms with Gasteiger partial charge in [-0.15, -0.1) is 0 Å². The summed E-state index contributed by atoms with van der Waals surface area (Å²) >= 11 is 1.66. The first-order valence-electron chi connectivity index (χ1n) is 6.36. The molecule has 0 aromatic heterocycles. The first kappa shape index (κ1) is 14.4. The van der Waals surface area contributed by atoms with E-state index in [1.807, 2.05) is 4.90 Å². The van der Waals surface area contributed by atoms with Crippen molar-refractivity contribution in [3.05, 3.63) is 0 Å². The van der Waals surface area contributed by atoms with Gasteiger partial charge >= 0.3 is 0 Å². The fourth-order valence-electron chi connectivity index (χ4n) is 1.79. The van der Waals surface area contributed by atoms with Gasteiger partial charge in [0.25, 0.3) is 0 Å². The minimum atomic E-state index is 0.0768. The molecule has 98 valence electrons. The molecule has 1 aliphatic rings. The van der Waals surface area contributed by atoms with E-state index < -0.39 is 0 Å². The minimum absolute atomic E-state index is 0.0768.